The van der Waals surface area contributed by atoms with Gasteiger partial charge in [0.2, 0.25) is 5.75 Å². The minimum Gasteiger partial charge on any atom is -0.493 e. The zero-order valence-electron chi connectivity index (χ0n) is 14.2. The molecule has 0 atom stereocenters. The van der Waals surface area contributed by atoms with E-state index in [-0.39, 0.29) is 23.7 Å². The van der Waals surface area contributed by atoms with Crippen molar-refractivity contribution in [2.24, 2.45) is 0 Å². The van der Waals surface area contributed by atoms with Gasteiger partial charge in [0.1, 0.15) is 6.20 Å². The first-order chi connectivity index (χ1) is 12.2. The average molecular weight is 347 g/mol. The maximum atomic E-state index is 12.0. The van der Waals surface area contributed by atoms with Crippen LogP contribution in [-0.2, 0) is 0 Å². The van der Waals surface area contributed by atoms with Gasteiger partial charge in [-0.05, 0) is 43.0 Å². The number of benzene rings is 1. The maximum Gasteiger partial charge on any atom is 0.275 e. The van der Waals surface area contributed by atoms with Crippen molar-refractivity contribution >= 4 is 5.91 Å². The zero-order valence-corrected chi connectivity index (χ0v) is 14.2. The van der Waals surface area contributed by atoms with Crippen LogP contribution in [0.5, 0.6) is 17.2 Å². The Labute approximate surface area is 145 Å². The minimum atomic E-state index is -0.264. The number of methoxy groups -OCH3 is 2. The van der Waals surface area contributed by atoms with E-state index in [2.05, 4.69) is 20.3 Å². The Morgan fingerprint density at radius 3 is 2.56 bits per heavy atom. The lowest BCUT2D eigenvalue weighted by Gasteiger charge is -2.29. The molecule has 1 aromatic heterocycles. The second kappa shape index (κ2) is 7.87. The second-order valence-electron chi connectivity index (χ2n) is 5.85. The minimum absolute atomic E-state index is 0.0721. The van der Waals surface area contributed by atoms with Gasteiger partial charge in [0.05, 0.1) is 20.3 Å². The Balaban J connectivity index is 1.54. The van der Waals surface area contributed by atoms with E-state index >= 15 is 0 Å². The molecule has 1 N–H and O–H groups in total. The first-order valence-electron chi connectivity index (χ1n) is 8.17. The number of para-hydroxylation sites is 1. The standard InChI is InChI=1S/C17H21N3O5/c1-22-14-4-3-5-15(16(14)23-2)24-12-8-6-11(7-9-12)19-17(21)13-10-18-25-20-13/h3-5,10-12H,6-9H2,1-2H3,(H,19,21). The van der Waals surface area contributed by atoms with Crippen LogP contribution in [-0.4, -0.2) is 42.6 Å². The third-order valence-electron chi connectivity index (χ3n) is 4.26. The van der Waals surface area contributed by atoms with Crippen LogP contribution >= 0.6 is 0 Å². The fourth-order valence-corrected chi connectivity index (χ4v) is 2.98. The summed E-state index contributed by atoms with van der Waals surface area (Å²) < 4.78 is 21.2. The first-order valence-corrected chi connectivity index (χ1v) is 8.17. The van der Waals surface area contributed by atoms with Crippen molar-refractivity contribution in [3.8, 4) is 17.2 Å². The lowest BCUT2D eigenvalue weighted by atomic mass is 9.93. The quantitative estimate of drug-likeness (QED) is 0.856. The third kappa shape index (κ3) is 4.01. The van der Waals surface area contributed by atoms with Gasteiger partial charge in [0.25, 0.3) is 5.91 Å². The van der Waals surface area contributed by atoms with E-state index in [1.54, 1.807) is 14.2 Å². The number of hydrogen-bond donors (Lipinski definition) is 1. The summed E-state index contributed by atoms with van der Waals surface area (Å²) in [6.07, 6.45) is 4.70. The summed E-state index contributed by atoms with van der Waals surface area (Å²) in [5.41, 5.74) is 0.194. The highest BCUT2D eigenvalue weighted by Gasteiger charge is 2.26. The number of amides is 1. The maximum absolute atomic E-state index is 12.0. The van der Waals surface area contributed by atoms with Gasteiger partial charge in [-0.3, -0.25) is 4.79 Å². The molecule has 1 aromatic carbocycles. The number of hydrogen-bond acceptors (Lipinski definition) is 7. The molecule has 1 aliphatic carbocycles. The van der Waals surface area contributed by atoms with Crippen LogP contribution in [0.15, 0.2) is 29.0 Å². The molecule has 8 heteroatoms. The summed E-state index contributed by atoms with van der Waals surface area (Å²) in [4.78, 5) is 12.0. The van der Waals surface area contributed by atoms with Gasteiger partial charge in [-0.2, -0.15) is 0 Å². The number of nitrogens with zero attached hydrogens (tertiary/aromatic N) is 2. The van der Waals surface area contributed by atoms with Crippen molar-refractivity contribution in [1.29, 1.82) is 0 Å². The van der Waals surface area contributed by atoms with Crippen LogP contribution in [0.25, 0.3) is 0 Å². The molecule has 0 radical (unpaired) electrons. The Hall–Kier alpha value is -2.77. The van der Waals surface area contributed by atoms with Gasteiger partial charge >= 0.3 is 0 Å². The fraction of sp³-hybridized carbons (Fsp3) is 0.471. The highest BCUT2D eigenvalue weighted by atomic mass is 16.6. The lowest BCUT2D eigenvalue weighted by molar-refractivity contribution is 0.0882. The van der Waals surface area contributed by atoms with E-state index < -0.39 is 0 Å². The summed E-state index contributed by atoms with van der Waals surface area (Å²) in [5, 5.41) is 9.92. The van der Waals surface area contributed by atoms with Crippen molar-refractivity contribution in [3.05, 3.63) is 30.1 Å². The van der Waals surface area contributed by atoms with Gasteiger partial charge in [-0.15, -0.1) is 0 Å². The van der Waals surface area contributed by atoms with Gasteiger partial charge < -0.3 is 19.5 Å². The van der Waals surface area contributed by atoms with E-state index in [4.69, 9.17) is 14.2 Å². The highest BCUT2D eigenvalue weighted by molar-refractivity contribution is 5.91. The Morgan fingerprint density at radius 1 is 1.16 bits per heavy atom. The number of rotatable bonds is 6. The molecule has 134 valence electrons. The Bertz CT molecular complexity index is 696. The van der Waals surface area contributed by atoms with Crippen molar-refractivity contribution < 1.29 is 23.6 Å². The van der Waals surface area contributed by atoms with E-state index in [9.17, 15) is 4.79 Å². The summed E-state index contributed by atoms with van der Waals surface area (Å²) in [6, 6.07) is 5.66. The van der Waals surface area contributed by atoms with Crippen LogP contribution in [0.3, 0.4) is 0 Å². The van der Waals surface area contributed by atoms with Crippen LogP contribution < -0.4 is 19.5 Å². The summed E-state index contributed by atoms with van der Waals surface area (Å²) >= 11 is 0. The topological polar surface area (TPSA) is 95.7 Å². The van der Waals surface area contributed by atoms with E-state index in [1.807, 2.05) is 18.2 Å². The van der Waals surface area contributed by atoms with E-state index in [0.29, 0.717) is 17.2 Å². The molecule has 0 bridgehead atoms. The second-order valence-corrected chi connectivity index (χ2v) is 5.85. The number of ether oxygens (including phenoxy) is 3. The van der Waals surface area contributed by atoms with E-state index in [1.165, 1.54) is 6.20 Å². The Morgan fingerprint density at radius 2 is 1.92 bits per heavy atom. The Kier molecular flexibility index (Phi) is 5.37. The van der Waals surface area contributed by atoms with Crippen LogP contribution in [0.2, 0.25) is 0 Å². The van der Waals surface area contributed by atoms with Crippen molar-refractivity contribution in [1.82, 2.24) is 15.6 Å². The predicted molar refractivity (Wildman–Crippen MR) is 88.0 cm³/mol. The smallest absolute Gasteiger partial charge is 0.275 e. The number of carbonyl (C=O) groups excluding carboxylic acids is 1. The number of aromatic nitrogens is 2. The average Bonchev–Trinajstić information content (AvgIpc) is 3.18. The molecule has 1 saturated carbocycles. The van der Waals surface area contributed by atoms with Crippen LogP contribution in [0, 0.1) is 0 Å². The lowest BCUT2D eigenvalue weighted by Crippen LogP contribution is -2.39. The number of carbonyl (C=O) groups is 1. The van der Waals surface area contributed by atoms with Gasteiger partial charge in [-0.25, -0.2) is 4.63 Å². The van der Waals surface area contributed by atoms with E-state index in [0.717, 1.165) is 25.7 Å². The van der Waals surface area contributed by atoms with Crippen molar-refractivity contribution in [2.75, 3.05) is 14.2 Å². The molecule has 1 amide bonds. The highest BCUT2D eigenvalue weighted by Crippen LogP contribution is 2.38. The molecule has 2 aromatic rings. The van der Waals surface area contributed by atoms with Gasteiger partial charge in [-0.1, -0.05) is 11.2 Å². The molecular formula is C17H21N3O5. The molecule has 0 saturated heterocycles. The summed E-state index contributed by atoms with van der Waals surface area (Å²) in [6.45, 7) is 0. The SMILES string of the molecule is COc1cccc(OC2CCC(NC(=O)c3cnon3)CC2)c1OC. The fourth-order valence-electron chi connectivity index (χ4n) is 2.98. The van der Waals surface area contributed by atoms with Crippen LogP contribution in [0.4, 0.5) is 0 Å². The van der Waals surface area contributed by atoms with Crippen molar-refractivity contribution in [3.63, 3.8) is 0 Å². The zero-order chi connectivity index (χ0) is 17.6. The summed E-state index contributed by atoms with van der Waals surface area (Å²) in [5.74, 6) is 1.64. The molecule has 25 heavy (non-hydrogen) atoms. The van der Waals surface area contributed by atoms with Gasteiger partial charge in [0.15, 0.2) is 17.2 Å². The molecular weight excluding hydrogens is 326 g/mol. The normalized spacial score (nSPS) is 19.9. The molecule has 0 unspecified atom stereocenters. The summed E-state index contributed by atoms with van der Waals surface area (Å²) in [7, 11) is 3.19. The predicted octanol–water partition coefficient (Wildman–Crippen LogP) is 2.21. The molecule has 1 heterocycles. The van der Waals surface area contributed by atoms with Gasteiger partial charge in [0, 0.05) is 6.04 Å². The molecule has 1 fully saturated rings. The van der Waals surface area contributed by atoms with Crippen LogP contribution in [0.1, 0.15) is 36.2 Å². The largest absolute Gasteiger partial charge is 0.493 e. The molecule has 3 rings (SSSR count). The third-order valence-corrected chi connectivity index (χ3v) is 4.26. The molecule has 1 aliphatic rings. The first kappa shape index (κ1) is 17.1. The van der Waals surface area contributed by atoms with Crippen molar-refractivity contribution in [2.45, 2.75) is 37.8 Å². The molecule has 8 nitrogen and oxygen atoms in total. The monoisotopic (exact) mass is 347 g/mol. The molecule has 0 spiro atoms. The number of nitrogens with one attached hydrogen (secondary N) is 1. The molecule has 0 aliphatic heterocycles.